The summed E-state index contributed by atoms with van der Waals surface area (Å²) in [5.41, 5.74) is 1.90. The summed E-state index contributed by atoms with van der Waals surface area (Å²) in [7, 11) is 1.75. The van der Waals surface area contributed by atoms with E-state index in [1.807, 2.05) is 6.07 Å². The van der Waals surface area contributed by atoms with Crippen LogP contribution in [-0.2, 0) is 13.6 Å². The Balaban J connectivity index is 2.02. The first-order chi connectivity index (χ1) is 10.2. The van der Waals surface area contributed by atoms with Crippen molar-refractivity contribution < 1.29 is 9.90 Å². The molecule has 2 N–H and O–H groups in total. The number of rotatable bonds is 4. The maximum atomic E-state index is 11.3. The predicted octanol–water partition coefficient (Wildman–Crippen LogP) is 1.07. The Kier molecular flexibility index (Phi) is 3.19. The van der Waals surface area contributed by atoms with Crippen molar-refractivity contribution >= 4 is 22.7 Å². The standard InChI is InChI=1S/C13H12N6O2/c1-19-12-9(7-17-19)11(10(6-15-12)13(20)21)14-5-8-3-2-4-16-18-8/h2-4,6-7H,5H2,1H3,(H,14,15)(H,20,21). The molecule has 0 saturated heterocycles. The number of carboxylic acids is 1. The first-order valence-electron chi connectivity index (χ1n) is 6.21. The lowest BCUT2D eigenvalue weighted by molar-refractivity contribution is 0.0697. The normalized spacial score (nSPS) is 10.7. The van der Waals surface area contributed by atoms with E-state index in [0.717, 1.165) is 0 Å². The van der Waals surface area contributed by atoms with Gasteiger partial charge in [0.2, 0.25) is 0 Å². The Morgan fingerprint density at radius 2 is 2.29 bits per heavy atom. The van der Waals surface area contributed by atoms with Gasteiger partial charge in [0.05, 0.1) is 29.5 Å². The first kappa shape index (κ1) is 13.0. The van der Waals surface area contributed by atoms with Gasteiger partial charge in [0.15, 0.2) is 5.65 Å². The zero-order valence-electron chi connectivity index (χ0n) is 11.2. The Hall–Kier alpha value is -3.03. The lowest BCUT2D eigenvalue weighted by Crippen LogP contribution is -2.09. The molecule has 3 heterocycles. The number of nitrogens with one attached hydrogen (secondary N) is 1. The molecule has 0 aliphatic rings. The summed E-state index contributed by atoms with van der Waals surface area (Å²) >= 11 is 0. The van der Waals surface area contributed by atoms with Crippen LogP contribution in [0.4, 0.5) is 5.69 Å². The van der Waals surface area contributed by atoms with Gasteiger partial charge in [-0.25, -0.2) is 9.78 Å². The quantitative estimate of drug-likeness (QED) is 0.738. The number of anilines is 1. The molecule has 0 saturated carbocycles. The average Bonchev–Trinajstić information content (AvgIpc) is 2.87. The predicted molar refractivity (Wildman–Crippen MR) is 74.8 cm³/mol. The van der Waals surface area contributed by atoms with Gasteiger partial charge in [-0.3, -0.25) is 4.68 Å². The number of carbonyl (C=O) groups is 1. The van der Waals surface area contributed by atoms with Gasteiger partial charge in [0.25, 0.3) is 0 Å². The van der Waals surface area contributed by atoms with Crippen molar-refractivity contribution in [2.24, 2.45) is 7.05 Å². The maximum Gasteiger partial charge on any atom is 0.339 e. The van der Waals surface area contributed by atoms with Crippen LogP contribution >= 0.6 is 0 Å². The molecule has 106 valence electrons. The molecule has 0 atom stereocenters. The highest BCUT2D eigenvalue weighted by atomic mass is 16.4. The molecule has 3 aromatic rings. The number of hydrogen-bond donors (Lipinski definition) is 2. The van der Waals surface area contributed by atoms with Crippen molar-refractivity contribution in [1.82, 2.24) is 25.0 Å². The molecule has 8 nitrogen and oxygen atoms in total. The molecule has 0 aliphatic heterocycles. The molecule has 3 rings (SSSR count). The second kappa shape index (κ2) is 5.16. The minimum atomic E-state index is -1.05. The van der Waals surface area contributed by atoms with E-state index < -0.39 is 5.97 Å². The zero-order valence-corrected chi connectivity index (χ0v) is 11.2. The van der Waals surface area contributed by atoms with Crippen LogP contribution in [0.1, 0.15) is 16.1 Å². The topological polar surface area (TPSA) is 106 Å². The van der Waals surface area contributed by atoms with E-state index in [0.29, 0.717) is 29.0 Å². The molecule has 0 fully saturated rings. The summed E-state index contributed by atoms with van der Waals surface area (Å²) in [4.78, 5) is 15.5. The van der Waals surface area contributed by atoms with E-state index in [-0.39, 0.29) is 5.56 Å². The van der Waals surface area contributed by atoms with Gasteiger partial charge in [-0.1, -0.05) is 0 Å². The molecule has 0 bridgehead atoms. The Bertz CT molecular complexity index is 799. The molecule has 0 aromatic carbocycles. The van der Waals surface area contributed by atoms with Crippen LogP contribution in [0.5, 0.6) is 0 Å². The van der Waals surface area contributed by atoms with Crippen LogP contribution in [0.15, 0.2) is 30.7 Å². The van der Waals surface area contributed by atoms with Crippen LogP contribution in [0.25, 0.3) is 11.0 Å². The summed E-state index contributed by atoms with van der Waals surface area (Å²) < 4.78 is 1.59. The monoisotopic (exact) mass is 284 g/mol. The zero-order chi connectivity index (χ0) is 14.8. The molecule has 8 heteroatoms. The lowest BCUT2D eigenvalue weighted by atomic mass is 10.2. The fourth-order valence-corrected chi connectivity index (χ4v) is 2.06. The summed E-state index contributed by atoms with van der Waals surface area (Å²) in [6, 6.07) is 3.58. The molecular weight excluding hydrogens is 272 g/mol. The molecule has 0 amide bonds. The van der Waals surface area contributed by atoms with Crippen LogP contribution in [0.2, 0.25) is 0 Å². The van der Waals surface area contributed by atoms with Crippen molar-refractivity contribution in [3.8, 4) is 0 Å². The van der Waals surface area contributed by atoms with Gasteiger partial charge in [0, 0.05) is 19.4 Å². The van der Waals surface area contributed by atoms with Crippen molar-refractivity contribution in [2.75, 3.05) is 5.32 Å². The Labute approximate surface area is 119 Å². The summed E-state index contributed by atoms with van der Waals surface area (Å²) in [6.07, 6.45) is 4.50. The minimum Gasteiger partial charge on any atom is -0.478 e. The van der Waals surface area contributed by atoms with Crippen LogP contribution in [0.3, 0.4) is 0 Å². The second-order valence-electron chi connectivity index (χ2n) is 4.43. The third-order valence-corrected chi connectivity index (χ3v) is 3.07. The number of aromatic carboxylic acids is 1. The first-order valence-corrected chi connectivity index (χ1v) is 6.21. The second-order valence-corrected chi connectivity index (χ2v) is 4.43. The fraction of sp³-hybridized carbons (Fsp3) is 0.154. The SMILES string of the molecule is Cn1ncc2c(NCc3cccnn3)c(C(=O)O)cnc21. The summed E-state index contributed by atoms with van der Waals surface area (Å²) in [5.74, 6) is -1.05. The molecule has 0 radical (unpaired) electrons. The summed E-state index contributed by atoms with van der Waals surface area (Å²) in [5, 5.41) is 24.9. The Morgan fingerprint density at radius 1 is 1.43 bits per heavy atom. The number of nitrogens with zero attached hydrogens (tertiary/aromatic N) is 5. The van der Waals surface area contributed by atoms with Crippen LogP contribution in [-0.4, -0.2) is 36.0 Å². The number of fused-ring (bicyclic) bond motifs is 1. The molecule has 0 spiro atoms. The van der Waals surface area contributed by atoms with Crippen molar-refractivity contribution in [1.29, 1.82) is 0 Å². The lowest BCUT2D eigenvalue weighted by Gasteiger charge is -2.10. The van der Waals surface area contributed by atoms with E-state index in [9.17, 15) is 9.90 Å². The van der Waals surface area contributed by atoms with Gasteiger partial charge < -0.3 is 10.4 Å². The number of pyridine rings is 1. The van der Waals surface area contributed by atoms with Crippen molar-refractivity contribution in [2.45, 2.75) is 6.54 Å². The van der Waals surface area contributed by atoms with Gasteiger partial charge >= 0.3 is 5.97 Å². The number of hydrogen-bond acceptors (Lipinski definition) is 6. The number of carboxylic acid groups (broad SMARTS) is 1. The molecule has 0 aliphatic carbocycles. The number of aryl methyl sites for hydroxylation is 1. The van der Waals surface area contributed by atoms with Crippen molar-refractivity contribution in [3.63, 3.8) is 0 Å². The maximum absolute atomic E-state index is 11.3. The van der Waals surface area contributed by atoms with E-state index >= 15 is 0 Å². The smallest absolute Gasteiger partial charge is 0.339 e. The molecule has 0 unspecified atom stereocenters. The largest absolute Gasteiger partial charge is 0.478 e. The Morgan fingerprint density at radius 3 is 3.00 bits per heavy atom. The van der Waals surface area contributed by atoms with Crippen LogP contribution < -0.4 is 5.32 Å². The molecule has 3 aromatic heterocycles. The van der Waals surface area contributed by atoms with E-state index in [1.165, 1.54) is 6.20 Å². The van der Waals surface area contributed by atoms with E-state index in [2.05, 4.69) is 25.6 Å². The highest BCUT2D eigenvalue weighted by molar-refractivity contribution is 6.03. The van der Waals surface area contributed by atoms with Gasteiger partial charge in [-0.15, -0.1) is 0 Å². The van der Waals surface area contributed by atoms with Crippen LogP contribution in [0, 0.1) is 0 Å². The van der Waals surface area contributed by atoms with Gasteiger partial charge in [0.1, 0.15) is 5.56 Å². The number of aromatic nitrogens is 5. The van der Waals surface area contributed by atoms with Gasteiger partial charge in [-0.2, -0.15) is 15.3 Å². The third-order valence-electron chi connectivity index (χ3n) is 3.07. The van der Waals surface area contributed by atoms with E-state index in [1.54, 1.807) is 30.2 Å². The highest BCUT2D eigenvalue weighted by Crippen LogP contribution is 2.25. The average molecular weight is 284 g/mol. The third kappa shape index (κ3) is 2.38. The summed E-state index contributed by atoms with van der Waals surface area (Å²) in [6.45, 7) is 0.363. The molecular formula is C13H12N6O2. The van der Waals surface area contributed by atoms with E-state index in [4.69, 9.17) is 0 Å². The fourth-order valence-electron chi connectivity index (χ4n) is 2.06. The highest BCUT2D eigenvalue weighted by Gasteiger charge is 2.16. The minimum absolute atomic E-state index is 0.0967. The molecule has 21 heavy (non-hydrogen) atoms. The van der Waals surface area contributed by atoms with Crippen molar-refractivity contribution in [3.05, 3.63) is 42.0 Å². The van der Waals surface area contributed by atoms with Gasteiger partial charge in [-0.05, 0) is 12.1 Å².